The molecule has 1 aromatic carbocycles. The van der Waals surface area contributed by atoms with E-state index in [9.17, 15) is 24.0 Å². The lowest BCUT2D eigenvalue weighted by molar-refractivity contribution is -0.138. The summed E-state index contributed by atoms with van der Waals surface area (Å²) in [6.07, 6.45) is 8.49. The van der Waals surface area contributed by atoms with Gasteiger partial charge in [0.25, 0.3) is 11.5 Å². The van der Waals surface area contributed by atoms with E-state index in [-0.39, 0.29) is 29.3 Å². The van der Waals surface area contributed by atoms with Crippen LogP contribution in [-0.2, 0) is 30.4 Å². The average Bonchev–Trinajstić information content (AvgIpc) is 4.21. The molecule has 0 spiro atoms. The molecule has 0 saturated carbocycles. The lowest BCUT2D eigenvalue weighted by Gasteiger charge is -2.32. The van der Waals surface area contributed by atoms with Gasteiger partial charge in [0.2, 0.25) is 17.7 Å². The van der Waals surface area contributed by atoms with Crippen LogP contribution in [0.4, 0.5) is 0 Å². The van der Waals surface area contributed by atoms with Crippen LogP contribution in [0.5, 0.6) is 0 Å². The van der Waals surface area contributed by atoms with Crippen molar-refractivity contribution in [3.8, 4) is 0 Å². The van der Waals surface area contributed by atoms with E-state index in [1.807, 2.05) is 133 Å². The van der Waals surface area contributed by atoms with Crippen molar-refractivity contribution in [1.82, 2.24) is 34.0 Å². The zero-order valence-corrected chi connectivity index (χ0v) is 51.4. The third-order valence-corrected chi connectivity index (χ3v) is 14.2. The monoisotopic (exact) mass is 1070 g/mol. The van der Waals surface area contributed by atoms with Gasteiger partial charge in [0.05, 0.1) is 26.4 Å². The van der Waals surface area contributed by atoms with Crippen molar-refractivity contribution in [1.29, 1.82) is 0 Å². The van der Waals surface area contributed by atoms with Crippen LogP contribution in [0.2, 0.25) is 0 Å². The quantitative estimate of drug-likeness (QED) is 0.266. The van der Waals surface area contributed by atoms with Gasteiger partial charge in [0.1, 0.15) is 0 Å². The van der Waals surface area contributed by atoms with Gasteiger partial charge in [0.15, 0.2) is 0 Å². The minimum Gasteiger partial charge on any atom is -0.381 e. The molecule has 1 aromatic heterocycles. The van der Waals surface area contributed by atoms with Crippen molar-refractivity contribution >= 4 is 23.6 Å². The largest absolute Gasteiger partial charge is 0.381 e. The summed E-state index contributed by atoms with van der Waals surface area (Å²) in [5.41, 5.74) is 2.09. The summed E-state index contributed by atoms with van der Waals surface area (Å²) in [5.74, 6) is 3.18. The van der Waals surface area contributed by atoms with Crippen LogP contribution in [0.25, 0.3) is 0 Å². The van der Waals surface area contributed by atoms with E-state index >= 15 is 0 Å². The molecule has 4 amide bonds. The maximum Gasteiger partial charge on any atom is 0.254 e. The first-order valence-corrected chi connectivity index (χ1v) is 29.7. The third kappa shape index (κ3) is 24.7. The molecule has 0 N–H and O–H groups in total. The summed E-state index contributed by atoms with van der Waals surface area (Å²) in [5, 5.41) is 0. The fraction of sp³-hybridized carbons (Fsp3) is 0.758. The predicted molar refractivity (Wildman–Crippen MR) is 315 cm³/mol. The Hall–Kier alpha value is -4.11. The number of piperidine rings is 1. The number of hydrogen-bond donors (Lipinski definition) is 0. The van der Waals surface area contributed by atoms with Crippen LogP contribution < -0.4 is 5.56 Å². The summed E-state index contributed by atoms with van der Waals surface area (Å²) in [7, 11) is 0. The van der Waals surface area contributed by atoms with E-state index in [0.717, 1.165) is 121 Å². The minimum atomic E-state index is 0.0671. The molecule has 7 aliphatic heterocycles. The van der Waals surface area contributed by atoms with Crippen LogP contribution in [-0.4, -0.2) is 167 Å². The molecule has 6 saturated heterocycles. The van der Waals surface area contributed by atoms with Gasteiger partial charge >= 0.3 is 0 Å². The fourth-order valence-corrected chi connectivity index (χ4v) is 9.40. The van der Waals surface area contributed by atoms with Crippen LogP contribution in [0, 0.1) is 23.7 Å². The molecule has 14 heteroatoms. The Kier molecular flexibility index (Phi) is 35.4. The number of morpholine rings is 1. The molecule has 2 unspecified atom stereocenters. The number of likely N-dealkylation sites (tertiary alicyclic amines) is 4. The topological polar surface area (TPSA) is 128 Å². The standard InChI is InChI=1S/C11H13NO.2C9H17NO.C8H11NO.C7H15NO.2C7H13NO.2C2H6/c1-8(2)12-7-9-5-3-4-6-10(9)11(12)13;1-7(2)10-3-8-5-11-6-9(8)4-10;1-8(2)9(11)10-6-4-3-5-7-10;1-7(2)9-6-4-3-5-8(9)10;1-7(2)8-3-5-9-6-4-8;1-6(2)7(9)8-4-3-5-8;1-6(2)8-5-3-4-7(8)9;2*1-2/h3-6,8H,7H2,1-2H3;7-9H,3-6H2,1-2H3;8H,3-7H2,1-2H3;3-7H,1-2H3;7H,3-6H2,1-2H3;2*6H,3-5H2,1-2H3;2*1-2H3. The Bertz CT molecular complexity index is 1940. The number of nitrogens with zero attached hydrogens (tertiary/aromatic N) is 7. The Morgan fingerprint density at radius 1 is 0.500 bits per heavy atom. The second-order valence-electron chi connectivity index (χ2n) is 22.2. The highest BCUT2D eigenvalue weighted by Gasteiger charge is 2.37. The highest BCUT2D eigenvalue weighted by Crippen LogP contribution is 2.30. The van der Waals surface area contributed by atoms with Crippen molar-refractivity contribution in [3.63, 3.8) is 0 Å². The van der Waals surface area contributed by atoms with E-state index in [4.69, 9.17) is 9.47 Å². The lowest BCUT2D eigenvalue weighted by atomic mass is 10.0. The molecule has 6 fully saturated rings. The van der Waals surface area contributed by atoms with Gasteiger partial charge in [-0.2, -0.15) is 0 Å². The van der Waals surface area contributed by atoms with E-state index in [1.165, 1.54) is 38.8 Å². The van der Waals surface area contributed by atoms with Crippen molar-refractivity contribution < 1.29 is 28.7 Å². The second-order valence-corrected chi connectivity index (χ2v) is 22.2. The van der Waals surface area contributed by atoms with Gasteiger partial charge in [0, 0.05) is 144 Å². The Labute approximate surface area is 463 Å². The van der Waals surface area contributed by atoms with Crippen molar-refractivity contribution in [2.45, 2.75) is 200 Å². The van der Waals surface area contributed by atoms with Crippen LogP contribution in [0.3, 0.4) is 0 Å². The smallest absolute Gasteiger partial charge is 0.254 e. The maximum atomic E-state index is 11.8. The maximum absolute atomic E-state index is 11.8. The number of carbonyl (C=O) groups is 4. The number of benzene rings is 1. The summed E-state index contributed by atoms with van der Waals surface area (Å²) in [6.45, 7) is 51.3. The molecule has 2 aromatic rings. The molecule has 0 bridgehead atoms. The van der Waals surface area contributed by atoms with E-state index in [2.05, 4.69) is 51.3 Å². The molecule has 7 aliphatic rings. The Morgan fingerprint density at radius 2 is 0.987 bits per heavy atom. The molecule has 436 valence electrons. The van der Waals surface area contributed by atoms with Crippen LogP contribution in [0.1, 0.15) is 185 Å². The molecular formula is C62H111N7O7. The SMILES string of the molecule is CC.CC.CC(C)C(=O)N1CCC1.CC(C)C(=O)N1CCCCC1.CC(C)N1CC2COCC2C1.CC(C)N1CCCC1=O.CC(C)N1CCOCC1.CC(C)N1Cc2ccccc2C1=O.CC(C)n1ccccc1=O. The molecule has 2 atom stereocenters. The first kappa shape index (κ1) is 69.9. The third-order valence-electron chi connectivity index (χ3n) is 14.2. The molecule has 76 heavy (non-hydrogen) atoms. The van der Waals surface area contributed by atoms with Gasteiger partial charge in [-0.25, -0.2) is 0 Å². The number of ether oxygens (including phenoxy) is 2. The van der Waals surface area contributed by atoms with Gasteiger partial charge in [-0.05, 0) is 119 Å². The number of rotatable bonds is 7. The van der Waals surface area contributed by atoms with E-state index in [0.29, 0.717) is 35.8 Å². The number of aromatic nitrogens is 1. The normalized spacial score (nSPS) is 19.6. The molecule has 0 radical (unpaired) electrons. The number of carbonyl (C=O) groups excluding carboxylic acids is 4. The van der Waals surface area contributed by atoms with Crippen LogP contribution in [0.15, 0.2) is 53.5 Å². The van der Waals surface area contributed by atoms with Crippen molar-refractivity contribution in [2.24, 2.45) is 23.7 Å². The Balaban J connectivity index is 0.000000440. The van der Waals surface area contributed by atoms with Gasteiger partial charge in [-0.15, -0.1) is 0 Å². The zero-order chi connectivity index (χ0) is 57.5. The summed E-state index contributed by atoms with van der Waals surface area (Å²) in [6, 6.07) is 15.4. The first-order chi connectivity index (χ1) is 36.1. The van der Waals surface area contributed by atoms with Gasteiger partial charge in [-0.3, -0.25) is 28.9 Å². The Morgan fingerprint density at radius 3 is 1.34 bits per heavy atom. The van der Waals surface area contributed by atoms with E-state index < -0.39 is 0 Å². The van der Waals surface area contributed by atoms with Gasteiger partial charge in [-0.1, -0.05) is 79.7 Å². The second kappa shape index (κ2) is 38.5. The number of fused-ring (bicyclic) bond motifs is 2. The molecule has 0 aliphatic carbocycles. The lowest BCUT2D eigenvalue weighted by Crippen LogP contribution is -2.44. The number of pyridine rings is 1. The number of hydrogen-bond acceptors (Lipinski definition) is 9. The predicted octanol–water partition coefficient (Wildman–Crippen LogP) is 10.8. The van der Waals surface area contributed by atoms with Gasteiger partial charge < -0.3 is 38.5 Å². The first-order valence-electron chi connectivity index (χ1n) is 29.7. The molecule has 14 nitrogen and oxygen atoms in total. The zero-order valence-electron chi connectivity index (χ0n) is 51.4. The van der Waals surface area contributed by atoms with Crippen molar-refractivity contribution in [2.75, 3.05) is 85.3 Å². The highest BCUT2D eigenvalue weighted by molar-refractivity contribution is 5.98. The van der Waals surface area contributed by atoms with E-state index in [1.54, 1.807) is 22.9 Å². The summed E-state index contributed by atoms with van der Waals surface area (Å²) < 4.78 is 12.3. The average molecular weight is 1070 g/mol. The van der Waals surface area contributed by atoms with Crippen LogP contribution >= 0.6 is 0 Å². The summed E-state index contributed by atoms with van der Waals surface area (Å²) >= 11 is 0. The number of amides is 4. The highest BCUT2D eigenvalue weighted by atomic mass is 16.5. The summed E-state index contributed by atoms with van der Waals surface area (Å²) in [4.78, 5) is 68.9. The minimum absolute atomic E-state index is 0.0671. The molecule has 9 rings (SSSR count). The van der Waals surface area contributed by atoms with Crippen molar-refractivity contribution in [3.05, 3.63) is 70.1 Å². The fourth-order valence-electron chi connectivity index (χ4n) is 9.40. The molecular weight excluding hydrogens is 955 g/mol. The molecule has 8 heterocycles.